The zero-order chi connectivity index (χ0) is 22.2. The highest BCUT2D eigenvalue weighted by molar-refractivity contribution is 7.89. The maximum absolute atomic E-state index is 13.2. The summed E-state index contributed by atoms with van der Waals surface area (Å²) >= 11 is 0. The van der Waals surface area contributed by atoms with Crippen molar-refractivity contribution in [3.05, 3.63) is 46.3 Å². The number of methoxy groups -OCH3 is 1. The predicted octanol–water partition coefficient (Wildman–Crippen LogP) is 2.65. The largest absolute Gasteiger partial charge is 0.465 e. The highest BCUT2D eigenvalue weighted by Crippen LogP contribution is 2.33. The van der Waals surface area contributed by atoms with E-state index < -0.39 is 16.0 Å². The first-order valence-corrected chi connectivity index (χ1v) is 11.3. The zero-order valence-corrected chi connectivity index (χ0v) is 18.7. The van der Waals surface area contributed by atoms with Gasteiger partial charge in [0, 0.05) is 31.0 Å². The van der Waals surface area contributed by atoms with Gasteiger partial charge in [0.15, 0.2) is 0 Å². The van der Waals surface area contributed by atoms with Gasteiger partial charge in [-0.25, -0.2) is 13.2 Å². The Labute approximate surface area is 176 Å². The van der Waals surface area contributed by atoms with Crippen molar-refractivity contribution in [2.75, 3.05) is 31.6 Å². The molecule has 1 aliphatic heterocycles. The number of nitrogens with one attached hydrogen (secondary N) is 1. The van der Waals surface area contributed by atoms with Gasteiger partial charge in [-0.1, -0.05) is 13.8 Å². The van der Waals surface area contributed by atoms with Gasteiger partial charge in [0.1, 0.15) is 5.69 Å². The Hall–Kier alpha value is -2.65. The Morgan fingerprint density at radius 3 is 2.47 bits per heavy atom. The van der Waals surface area contributed by atoms with Gasteiger partial charge in [-0.05, 0) is 49.6 Å². The minimum absolute atomic E-state index is 0.235. The van der Waals surface area contributed by atoms with Gasteiger partial charge in [0.2, 0.25) is 10.0 Å². The summed E-state index contributed by atoms with van der Waals surface area (Å²) in [5, 5.41) is 0. The van der Waals surface area contributed by atoms with E-state index in [2.05, 4.69) is 4.98 Å². The number of fused-ring (bicyclic) bond motifs is 1. The van der Waals surface area contributed by atoms with Crippen LogP contribution in [0.1, 0.15) is 51.5 Å². The van der Waals surface area contributed by atoms with Crippen LogP contribution in [0, 0.1) is 13.8 Å². The molecule has 0 atom stereocenters. The van der Waals surface area contributed by atoms with Gasteiger partial charge in [-0.2, -0.15) is 4.31 Å². The lowest BCUT2D eigenvalue weighted by atomic mass is 10.1. The van der Waals surface area contributed by atoms with Crippen molar-refractivity contribution in [1.82, 2.24) is 9.29 Å². The van der Waals surface area contributed by atoms with Gasteiger partial charge in [-0.3, -0.25) is 4.79 Å². The number of carbonyl (C=O) groups excluding carboxylic acids is 2. The first-order valence-electron chi connectivity index (χ1n) is 9.89. The van der Waals surface area contributed by atoms with Crippen LogP contribution in [-0.2, 0) is 21.2 Å². The number of esters is 1. The second-order valence-corrected chi connectivity index (χ2v) is 9.14. The van der Waals surface area contributed by atoms with E-state index in [0.29, 0.717) is 54.3 Å². The average molecular weight is 434 g/mol. The third-order valence-corrected chi connectivity index (χ3v) is 7.62. The molecule has 1 aromatic heterocycles. The van der Waals surface area contributed by atoms with Crippen LogP contribution in [-0.4, -0.2) is 56.3 Å². The smallest absolute Gasteiger partial charge is 0.339 e. The number of H-pyrrole nitrogens is 1. The summed E-state index contributed by atoms with van der Waals surface area (Å²) in [4.78, 5) is 30.1. The van der Waals surface area contributed by atoms with Crippen molar-refractivity contribution >= 4 is 27.6 Å². The molecule has 2 aromatic rings. The summed E-state index contributed by atoms with van der Waals surface area (Å²) in [6.07, 6.45) is 0.561. The minimum Gasteiger partial charge on any atom is -0.465 e. The van der Waals surface area contributed by atoms with Crippen LogP contribution in [0.3, 0.4) is 0 Å². The summed E-state index contributed by atoms with van der Waals surface area (Å²) in [6, 6.07) is 4.89. The molecule has 1 aromatic carbocycles. The molecule has 9 heteroatoms. The van der Waals surface area contributed by atoms with Gasteiger partial charge in [0.05, 0.1) is 17.6 Å². The van der Waals surface area contributed by atoms with Crippen molar-refractivity contribution in [1.29, 1.82) is 0 Å². The number of carbonyl (C=O) groups is 2. The van der Waals surface area contributed by atoms with Crippen LogP contribution in [0.25, 0.3) is 0 Å². The van der Waals surface area contributed by atoms with Crippen molar-refractivity contribution in [2.24, 2.45) is 0 Å². The lowest BCUT2D eigenvalue weighted by Crippen LogP contribution is -2.31. The highest BCUT2D eigenvalue weighted by Gasteiger charge is 2.31. The summed E-state index contributed by atoms with van der Waals surface area (Å²) in [7, 11) is -2.26. The fourth-order valence-electron chi connectivity index (χ4n) is 3.97. The van der Waals surface area contributed by atoms with Gasteiger partial charge in [0.25, 0.3) is 5.91 Å². The second-order valence-electron chi connectivity index (χ2n) is 7.20. The fourth-order valence-corrected chi connectivity index (χ4v) is 5.48. The molecule has 8 nitrogen and oxygen atoms in total. The first-order chi connectivity index (χ1) is 14.2. The van der Waals surface area contributed by atoms with E-state index in [9.17, 15) is 18.0 Å². The summed E-state index contributed by atoms with van der Waals surface area (Å²) in [5.74, 6) is -0.753. The summed E-state index contributed by atoms with van der Waals surface area (Å²) < 4.78 is 31.8. The Kier molecular flexibility index (Phi) is 6.05. The maximum Gasteiger partial charge on any atom is 0.339 e. The SMILES string of the molecule is CCN(CC)S(=O)(=O)c1ccc2c(c1)CCN2C(=O)c1[nH]c(C)c(C(=O)OC)c1C. The van der Waals surface area contributed by atoms with Crippen molar-refractivity contribution in [3.63, 3.8) is 0 Å². The Morgan fingerprint density at radius 1 is 1.20 bits per heavy atom. The van der Waals surface area contributed by atoms with Crippen LogP contribution in [0.5, 0.6) is 0 Å². The number of aromatic amines is 1. The molecule has 0 spiro atoms. The third-order valence-electron chi connectivity index (χ3n) is 5.58. The van der Waals surface area contributed by atoms with E-state index in [4.69, 9.17) is 4.74 Å². The van der Waals surface area contributed by atoms with Crippen LogP contribution in [0.15, 0.2) is 23.1 Å². The van der Waals surface area contributed by atoms with E-state index in [1.54, 1.807) is 50.8 Å². The number of aromatic nitrogens is 1. The number of nitrogens with zero attached hydrogens (tertiary/aromatic N) is 2. The van der Waals surface area contributed by atoms with Gasteiger partial charge < -0.3 is 14.6 Å². The summed E-state index contributed by atoms with van der Waals surface area (Å²) in [6.45, 7) is 8.27. The number of amides is 1. The maximum atomic E-state index is 13.2. The number of rotatable bonds is 6. The normalized spacial score (nSPS) is 13.6. The molecular formula is C21H27N3O5S. The molecule has 0 fully saturated rings. The molecule has 0 saturated carbocycles. The molecule has 0 aliphatic carbocycles. The third kappa shape index (κ3) is 3.52. The van der Waals surface area contributed by atoms with E-state index in [0.717, 1.165) is 5.56 Å². The number of benzene rings is 1. The number of hydrogen-bond acceptors (Lipinski definition) is 5. The van der Waals surface area contributed by atoms with Crippen molar-refractivity contribution in [2.45, 2.75) is 39.0 Å². The molecule has 30 heavy (non-hydrogen) atoms. The Balaban J connectivity index is 1.95. The van der Waals surface area contributed by atoms with Crippen molar-refractivity contribution in [3.8, 4) is 0 Å². The molecule has 0 saturated heterocycles. The molecule has 0 unspecified atom stereocenters. The van der Waals surface area contributed by atoms with E-state index in [1.165, 1.54) is 11.4 Å². The number of sulfonamides is 1. The summed E-state index contributed by atoms with van der Waals surface area (Å²) in [5.41, 5.74) is 3.30. The standard InChI is InChI=1S/C21H27N3O5S/c1-6-23(7-2)30(27,28)16-8-9-17-15(12-16)10-11-24(17)20(25)19-13(3)18(14(4)22-19)21(26)29-5/h8-9,12,22H,6-7,10-11H2,1-5H3. The topological polar surface area (TPSA) is 99.8 Å². The van der Waals surface area contributed by atoms with Crippen LogP contribution >= 0.6 is 0 Å². The minimum atomic E-state index is -3.56. The van der Waals surface area contributed by atoms with E-state index >= 15 is 0 Å². The van der Waals surface area contributed by atoms with Gasteiger partial charge >= 0.3 is 5.97 Å². The highest BCUT2D eigenvalue weighted by atomic mass is 32.2. The molecule has 3 rings (SSSR count). The molecule has 0 bridgehead atoms. The Morgan fingerprint density at radius 2 is 1.87 bits per heavy atom. The molecule has 2 heterocycles. The molecule has 1 amide bonds. The lowest BCUT2D eigenvalue weighted by Gasteiger charge is -2.20. The second kappa shape index (κ2) is 8.23. The molecule has 1 N–H and O–H groups in total. The number of hydrogen-bond donors (Lipinski definition) is 1. The predicted molar refractivity (Wildman–Crippen MR) is 114 cm³/mol. The lowest BCUT2D eigenvalue weighted by molar-refractivity contribution is 0.0599. The number of anilines is 1. The molecule has 162 valence electrons. The van der Waals surface area contributed by atoms with Crippen molar-refractivity contribution < 1.29 is 22.7 Å². The zero-order valence-electron chi connectivity index (χ0n) is 17.9. The molecule has 0 radical (unpaired) electrons. The Bertz CT molecular complexity index is 1100. The monoisotopic (exact) mass is 433 g/mol. The first kappa shape index (κ1) is 22.0. The van der Waals surface area contributed by atoms with Crippen LogP contribution < -0.4 is 4.90 Å². The van der Waals surface area contributed by atoms with Crippen LogP contribution in [0.2, 0.25) is 0 Å². The number of aryl methyl sites for hydroxylation is 1. The van der Waals surface area contributed by atoms with Gasteiger partial charge in [-0.15, -0.1) is 0 Å². The van der Waals surface area contributed by atoms with E-state index in [1.807, 2.05) is 0 Å². The average Bonchev–Trinajstić information content (AvgIpc) is 3.27. The number of ether oxygens (including phenoxy) is 1. The van der Waals surface area contributed by atoms with Crippen LogP contribution in [0.4, 0.5) is 5.69 Å². The fraction of sp³-hybridized carbons (Fsp3) is 0.429. The molecule has 1 aliphatic rings. The molecular weight excluding hydrogens is 406 g/mol. The quantitative estimate of drug-likeness (QED) is 0.706. The van der Waals surface area contributed by atoms with E-state index in [-0.39, 0.29) is 10.8 Å².